The van der Waals surface area contributed by atoms with Gasteiger partial charge in [0.05, 0.1) is 6.54 Å². The van der Waals surface area contributed by atoms with Crippen LogP contribution in [0, 0.1) is 13.8 Å². The van der Waals surface area contributed by atoms with Crippen LogP contribution in [0.1, 0.15) is 32.3 Å². The molecule has 3 aromatic rings. The van der Waals surface area contributed by atoms with E-state index in [0.29, 0.717) is 34.9 Å². The molecule has 1 aromatic carbocycles. The lowest BCUT2D eigenvalue weighted by Crippen LogP contribution is -2.33. The number of halogens is 1. The second-order valence-electron chi connectivity index (χ2n) is 7.76. The average Bonchev–Trinajstić information content (AvgIpc) is 3.39. The predicted molar refractivity (Wildman–Crippen MR) is 124 cm³/mol. The number of amides is 1. The monoisotopic (exact) mass is 530 g/mol. The zero-order valence-electron chi connectivity index (χ0n) is 18.6. The van der Waals surface area contributed by atoms with Gasteiger partial charge in [0, 0.05) is 17.0 Å². The molecule has 1 amide bonds. The maximum Gasteiger partial charge on any atom is 0.325 e. The molecule has 0 fully saturated rings. The molecule has 1 aliphatic heterocycles. The number of rotatable bonds is 8. The van der Waals surface area contributed by atoms with E-state index in [9.17, 15) is 14.4 Å². The molecule has 0 spiro atoms. The normalized spacial score (nSPS) is 14.5. The van der Waals surface area contributed by atoms with Gasteiger partial charge in [-0.15, -0.1) is 0 Å². The maximum atomic E-state index is 12.7. The van der Waals surface area contributed by atoms with E-state index < -0.39 is 18.5 Å². The van der Waals surface area contributed by atoms with Gasteiger partial charge in [-0.2, -0.15) is 0 Å². The van der Waals surface area contributed by atoms with Crippen LogP contribution in [0.25, 0.3) is 0 Å². The molecule has 4 rings (SSSR count). The summed E-state index contributed by atoms with van der Waals surface area (Å²) in [6, 6.07) is 12.3. The number of esters is 1. The SMILES string of the molecule is Cc1cc(C(=O)COC(=O)CNC(=O)c2ccc(Br)o2)c(C)n1C[C@@H]1COc2ccccc2O1. The van der Waals surface area contributed by atoms with E-state index in [1.165, 1.54) is 6.07 Å². The molecule has 1 aliphatic rings. The maximum absolute atomic E-state index is 12.7. The minimum absolute atomic E-state index is 0.0547. The van der Waals surface area contributed by atoms with Crippen molar-refractivity contribution in [1.82, 2.24) is 9.88 Å². The number of ether oxygens (including phenoxy) is 3. The van der Waals surface area contributed by atoms with Gasteiger partial charge in [0.2, 0.25) is 5.78 Å². The summed E-state index contributed by atoms with van der Waals surface area (Å²) in [5.41, 5.74) is 2.09. The number of hydrogen-bond donors (Lipinski definition) is 1. The highest BCUT2D eigenvalue weighted by atomic mass is 79.9. The number of hydrogen-bond acceptors (Lipinski definition) is 7. The number of Topliss-reactive ketones (excluding diaryl/α,β-unsaturated/α-hetero) is 1. The first-order chi connectivity index (χ1) is 16.3. The van der Waals surface area contributed by atoms with Crippen LogP contribution in [-0.4, -0.2) is 48.1 Å². The number of carbonyl (C=O) groups is 3. The van der Waals surface area contributed by atoms with Gasteiger partial charge in [0.1, 0.15) is 13.2 Å². The molecule has 0 unspecified atom stereocenters. The van der Waals surface area contributed by atoms with Crippen LogP contribution in [0.2, 0.25) is 0 Å². The third-order valence-electron chi connectivity index (χ3n) is 5.38. The van der Waals surface area contributed by atoms with Crippen LogP contribution in [0.3, 0.4) is 0 Å². The Morgan fingerprint density at radius 1 is 1.15 bits per heavy atom. The Labute approximate surface area is 204 Å². The number of nitrogens with one attached hydrogen (secondary N) is 1. The van der Waals surface area contributed by atoms with Crippen LogP contribution in [-0.2, 0) is 16.1 Å². The van der Waals surface area contributed by atoms with Gasteiger partial charge in [-0.1, -0.05) is 12.1 Å². The van der Waals surface area contributed by atoms with Crippen LogP contribution < -0.4 is 14.8 Å². The number of aryl methyl sites for hydroxylation is 1. The molecular weight excluding hydrogens is 508 g/mol. The number of furan rings is 1. The zero-order valence-corrected chi connectivity index (χ0v) is 20.2. The number of carbonyl (C=O) groups excluding carboxylic acids is 3. The molecule has 0 bridgehead atoms. The molecule has 1 atom stereocenters. The van der Waals surface area contributed by atoms with Crippen molar-refractivity contribution in [3.63, 3.8) is 0 Å². The smallest absolute Gasteiger partial charge is 0.325 e. The van der Waals surface area contributed by atoms with Crippen molar-refractivity contribution >= 4 is 33.6 Å². The standard InChI is InChI=1S/C24H23BrN2O7/c1-14-9-17(15(2)27(14)11-16-12-31-19-5-3-4-6-20(19)33-16)18(28)13-32-23(29)10-26-24(30)21-7-8-22(25)34-21/h3-9,16H,10-13H2,1-2H3,(H,26,30)/t16-/m1/s1. The van der Waals surface area contributed by atoms with Crippen molar-refractivity contribution in [1.29, 1.82) is 0 Å². The largest absolute Gasteiger partial charge is 0.486 e. The van der Waals surface area contributed by atoms with Gasteiger partial charge < -0.3 is 28.5 Å². The minimum Gasteiger partial charge on any atom is -0.486 e. The lowest BCUT2D eigenvalue weighted by molar-refractivity contribution is -0.141. The fourth-order valence-corrected chi connectivity index (χ4v) is 3.98. The summed E-state index contributed by atoms with van der Waals surface area (Å²) < 4.78 is 24.3. The highest BCUT2D eigenvalue weighted by molar-refractivity contribution is 9.10. The number of benzene rings is 1. The molecule has 0 aliphatic carbocycles. The third-order valence-corrected chi connectivity index (χ3v) is 5.81. The average molecular weight is 531 g/mol. The Balaban J connectivity index is 1.30. The summed E-state index contributed by atoms with van der Waals surface area (Å²) in [6.45, 7) is 3.83. The molecule has 3 heterocycles. The van der Waals surface area contributed by atoms with Crippen LogP contribution in [0.5, 0.6) is 11.5 Å². The molecule has 2 aromatic heterocycles. The zero-order chi connectivity index (χ0) is 24.2. The highest BCUT2D eigenvalue weighted by Gasteiger charge is 2.24. The number of fused-ring (bicyclic) bond motifs is 1. The van der Waals surface area contributed by atoms with Gasteiger partial charge >= 0.3 is 5.97 Å². The molecule has 9 nitrogen and oxygen atoms in total. The molecule has 10 heteroatoms. The van der Waals surface area contributed by atoms with Crippen molar-refractivity contribution in [3.8, 4) is 11.5 Å². The minimum atomic E-state index is -0.729. The van der Waals surface area contributed by atoms with E-state index >= 15 is 0 Å². The number of para-hydroxylation sites is 2. The first kappa shape index (κ1) is 23.6. The van der Waals surface area contributed by atoms with Gasteiger partial charge in [0.25, 0.3) is 5.91 Å². The van der Waals surface area contributed by atoms with Crippen molar-refractivity contribution in [2.24, 2.45) is 0 Å². The number of ketones is 1. The van der Waals surface area contributed by atoms with Gasteiger partial charge in [-0.3, -0.25) is 14.4 Å². The summed E-state index contributed by atoms with van der Waals surface area (Å²) >= 11 is 3.10. The van der Waals surface area contributed by atoms with Gasteiger partial charge in [0.15, 0.2) is 34.6 Å². The molecule has 178 valence electrons. The van der Waals surface area contributed by atoms with E-state index in [0.717, 1.165) is 11.4 Å². The Morgan fingerprint density at radius 3 is 2.65 bits per heavy atom. The molecule has 34 heavy (non-hydrogen) atoms. The van der Waals surface area contributed by atoms with Gasteiger partial charge in [-0.25, -0.2) is 0 Å². The second-order valence-corrected chi connectivity index (χ2v) is 8.54. The quantitative estimate of drug-likeness (QED) is 0.350. The van der Waals surface area contributed by atoms with Crippen molar-refractivity contribution in [3.05, 3.63) is 69.8 Å². The van der Waals surface area contributed by atoms with Crippen LogP contribution >= 0.6 is 15.9 Å². The first-order valence-electron chi connectivity index (χ1n) is 10.6. The summed E-state index contributed by atoms with van der Waals surface area (Å²) in [7, 11) is 0. The lowest BCUT2D eigenvalue weighted by Gasteiger charge is -2.27. The first-order valence-corrected chi connectivity index (χ1v) is 11.4. The molecule has 0 saturated carbocycles. The van der Waals surface area contributed by atoms with Crippen molar-refractivity contribution < 1.29 is 33.0 Å². The Kier molecular flexibility index (Phi) is 7.06. The Morgan fingerprint density at radius 2 is 1.91 bits per heavy atom. The molecular formula is C24H23BrN2O7. The highest BCUT2D eigenvalue weighted by Crippen LogP contribution is 2.31. The fourth-order valence-electron chi connectivity index (χ4n) is 3.67. The van der Waals surface area contributed by atoms with Crippen LogP contribution in [0.15, 0.2) is 51.6 Å². The summed E-state index contributed by atoms with van der Waals surface area (Å²) in [5, 5.41) is 2.38. The fraction of sp³-hybridized carbons (Fsp3) is 0.292. The Bertz CT molecular complexity index is 1230. The van der Waals surface area contributed by atoms with E-state index in [1.54, 1.807) is 12.1 Å². The summed E-state index contributed by atoms with van der Waals surface area (Å²) in [4.78, 5) is 36.6. The van der Waals surface area contributed by atoms with Crippen molar-refractivity contribution in [2.75, 3.05) is 19.8 Å². The van der Waals surface area contributed by atoms with E-state index in [4.69, 9.17) is 18.6 Å². The van der Waals surface area contributed by atoms with Crippen molar-refractivity contribution in [2.45, 2.75) is 26.5 Å². The number of aromatic nitrogens is 1. The van der Waals surface area contributed by atoms with E-state index in [2.05, 4.69) is 21.2 Å². The van der Waals surface area contributed by atoms with E-state index in [1.807, 2.05) is 42.7 Å². The van der Waals surface area contributed by atoms with Crippen LogP contribution in [0.4, 0.5) is 0 Å². The predicted octanol–water partition coefficient (Wildman–Crippen LogP) is 3.46. The van der Waals surface area contributed by atoms with E-state index in [-0.39, 0.29) is 24.2 Å². The van der Waals surface area contributed by atoms with Gasteiger partial charge in [-0.05, 0) is 60.1 Å². The number of nitrogens with zero attached hydrogens (tertiary/aromatic N) is 1. The second kappa shape index (κ2) is 10.2. The summed E-state index contributed by atoms with van der Waals surface area (Å²) in [5.74, 6) is -0.164. The summed E-state index contributed by atoms with van der Waals surface area (Å²) in [6.07, 6.45) is -0.209. The lowest BCUT2D eigenvalue weighted by atomic mass is 10.1. The molecule has 1 N–H and O–H groups in total. The third kappa shape index (κ3) is 5.33. The molecule has 0 saturated heterocycles. The topological polar surface area (TPSA) is 109 Å². The molecule has 0 radical (unpaired) electrons. The Hall–Kier alpha value is -3.53.